The summed E-state index contributed by atoms with van der Waals surface area (Å²) in [7, 11) is 1.13. The summed E-state index contributed by atoms with van der Waals surface area (Å²) in [5.74, 6) is -1.36. The molecule has 9 heteroatoms. The lowest BCUT2D eigenvalue weighted by Gasteiger charge is -2.08. The summed E-state index contributed by atoms with van der Waals surface area (Å²) in [6, 6.07) is 8.66. The van der Waals surface area contributed by atoms with E-state index in [0.29, 0.717) is 5.75 Å². The molecule has 0 bridgehead atoms. The van der Waals surface area contributed by atoms with E-state index < -0.39 is 28.3 Å². The molecule has 1 amide bonds. The van der Waals surface area contributed by atoms with Crippen LogP contribution in [-0.2, 0) is 4.74 Å². The molecule has 2 aromatic carbocycles. The molecule has 0 unspecified atom stereocenters. The van der Waals surface area contributed by atoms with Crippen molar-refractivity contribution >= 4 is 17.6 Å². The molecular weight excluding hydrogens is 347 g/mol. The van der Waals surface area contributed by atoms with Gasteiger partial charge in [0, 0.05) is 17.7 Å². The number of nitrogens with one attached hydrogen (secondary N) is 1. The van der Waals surface area contributed by atoms with Crippen molar-refractivity contribution in [3.8, 4) is 5.75 Å². The summed E-state index contributed by atoms with van der Waals surface area (Å²) in [5, 5.41) is 13.5. The average molecular weight is 362 g/mol. The first-order valence-electron chi connectivity index (χ1n) is 7.45. The zero-order valence-corrected chi connectivity index (χ0v) is 13.7. The molecule has 0 heterocycles. The first-order valence-corrected chi connectivity index (χ1v) is 7.45. The number of nitro benzene ring substituents is 1. The number of benzene rings is 2. The maximum atomic E-state index is 12.8. The van der Waals surface area contributed by atoms with Gasteiger partial charge in [-0.3, -0.25) is 14.9 Å². The summed E-state index contributed by atoms with van der Waals surface area (Å²) in [5.41, 5.74) is -0.559. The number of hydrogen-bond acceptors (Lipinski definition) is 6. The van der Waals surface area contributed by atoms with Crippen LogP contribution in [0, 0.1) is 15.9 Å². The summed E-state index contributed by atoms with van der Waals surface area (Å²) >= 11 is 0. The Morgan fingerprint density at radius 2 is 1.81 bits per heavy atom. The number of amides is 1. The van der Waals surface area contributed by atoms with Gasteiger partial charge >= 0.3 is 5.97 Å². The number of rotatable bonds is 7. The summed E-state index contributed by atoms with van der Waals surface area (Å²) in [4.78, 5) is 34.0. The lowest BCUT2D eigenvalue weighted by molar-refractivity contribution is -0.384. The van der Waals surface area contributed by atoms with Gasteiger partial charge in [-0.25, -0.2) is 9.18 Å². The molecule has 0 fully saturated rings. The fourth-order valence-corrected chi connectivity index (χ4v) is 2.05. The molecule has 0 atom stereocenters. The lowest BCUT2D eigenvalue weighted by atomic mass is 10.1. The van der Waals surface area contributed by atoms with E-state index in [-0.39, 0.29) is 24.3 Å². The van der Waals surface area contributed by atoms with Gasteiger partial charge in [-0.05, 0) is 30.3 Å². The molecule has 26 heavy (non-hydrogen) atoms. The normalized spacial score (nSPS) is 10.1. The molecular formula is C17H15FN2O6. The van der Waals surface area contributed by atoms with Crippen LogP contribution in [0.5, 0.6) is 5.75 Å². The molecule has 0 aromatic heterocycles. The monoisotopic (exact) mass is 362 g/mol. The Balaban J connectivity index is 1.99. The maximum Gasteiger partial charge on any atom is 0.338 e. The van der Waals surface area contributed by atoms with Gasteiger partial charge in [0.2, 0.25) is 0 Å². The van der Waals surface area contributed by atoms with Gasteiger partial charge in [-0.15, -0.1) is 0 Å². The highest BCUT2D eigenvalue weighted by Crippen LogP contribution is 2.18. The second-order valence-electron chi connectivity index (χ2n) is 5.08. The number of halogens is 1. The number of carbonyl (C=O) groups excluding carboxylic acids is 2. The van der Waals surface area contributed by atoms with Crippen molar-refractivity contribution in [3.05, 3.63) is 69.5 Å². The molecule has 1 N–H and O–H groups in total. The first kappa shape index (κ1) is 18.8. The van der Waals surface area contributed by atoms with Gasteiger partial charge in [0.05, 0.1) is 24.1 Å². The predicted molar refractivity (Wildman–Crippen MR) is 88.7 cm³/mol. The topological polar surface area (TPSA) is 108 Å². The van der Waals surface area contributed by atoms with Crippen molar-refractivity contribution in [1.82, 2.24) is 5.32 Å². The van der Waals surface area contributed by atoms with E-state index >= 15 is 0 Å². The standard InChI is InChI=1S/C17H15FN2O6/c1-25-17(22)12-8-11(9-14(10-12)20(23)24)16(21)19-6-7-26-15-4-2-13(18)3-5-15/h2-5,8-10H,6-7H2,1H3,(H,19,21). The fraction of sp³-hybridized carbons (Fsp3) is 0.176. The Hall–Kier alpha value is -3.49. The van der Waals surface area contributed by atoms with Gasteiger partial charge in [-0.1, -0.05) is 0 Å². The predicted octanol–water partition coefficient (Wildman–Crippen LogP) is 2.33. The summed E-state index contributed by atoms with van der Waals surface area (Å²) < 4.78 is 22.6. The second-order valence-corrected chi connectivity index (χ2v) is 5.08. The van der Waals surface area contributed by atoms with Crippen LogP contribution in [0.3, 0.4) is 0 Å². The second kappa shape index (κ2) is 8.56. The molecule has 2 aromatic rings. The van der Waals surface area contributed by atoms with Crippen molar-refractivity contribution in [2.45, 2.75) is 0 Å². The molecule has 0 radical (unpaired) electrons. The number of hydrogen-bond donors (Lipinski definition) is 1. The van der Waals surface area contributed by atoms with Gasteiger partial charge < -0.3 is 14.8 Å². The van der Waals surface area contributed by atoms with E-state index in [2.05, 4.69) is 10.1 Å². The molecule has 2 rings (SSSR count). The Labute approximate surface area is 147 Å². The summed E-state index contributed by atoms with van der Waals surface area (Å²) in [6.45, 7) is 0.211. The van der Waals surface area contributed by atoms with Crippen molar-refractivity contribution < 1.29 is 28.4 Å². The third-order valence-electron chi connectivity index (χ3n) is 3.28. The molecule has 0 aliphatic rings. The Morgan fingerprint density at radius 1 is 1.15 bits per heavy atom. The molecule has 0 saturated heterocycles. The van der Waals surface area contributed by atoms with Crippen molar-refractivity contribution in [2.75, 3.05) is 20.3 Å². The smallest absolute Gasteiger partial charge is 0.338 e. The molecule has 136 valence electrons. The molecule has 0 aliphatic carbocycles. The van der Waals surface area contributed by atoms with Crippen molar-refractivity contribution in [2.24, 2.45) is 0 Å². The van der Waals surface area contributed by atoms with E-state index in [1.807, 2.05) is 0 Å². The molecule has 0 aliphatic heterocycles. The largest absolute Gasteiger partial charge is 0.492 e. The van der Waals surface area contributed by atoms with E-state index in [1.165, 1.54) is 30.3 Å². The van der Waals surface area contributed by atoms with Gasteiger partial charge in [0.15, 0.2) is 0 Å². The van der Waals surface area contributed by atoms with Crippen LogP contribution in [0.4, 0.5) is 10.1 Å². The van der Waals surface area contributed by atoms with E-state index in [0.717, 1.165) is 19.2 Å². The zero-order valence-electron chi connectivity index (χ0n) is 13.7. The number of non-ortho nitro benzene ring substituents is 1. The molecule has 0 spiro atoms. The van der Waals surface area contributed by atoms with Crippen LogP contribution >= 0.6 is 0 Å². The number of nitro groups is 1. The Morgan fingerprint density at radius 3 is 2.42 bits per heavy atom. The van der Waals surface area contributed by atoms with Crippen LogP contribution < -0.4 is 10.1 Å². The summed E-state index contributed by atoms with van der Waals surface area (Å²) in [6.07, 6.45) is 0. The highest BCUT2D eigenvalue weighted by molar-refractivity contribution is 5.98. The van der Waals surface area contributed by atoms with E-state index in [9.17, 15) is 24.1 Å². The van der Waals surface area contributed by atoms with Crippen LogP contribution in [0.15, 0.2) is 42.5 Å². The molecule has 8 nitrogen and oxygen atoms in total. The van der Waals surface area contributed by atoms with Crippen molar-refractivity contribution in [1.29, 1.82) is 0 Å². The van der Waals surface area contributed by atoms with Crippen molar-refractivity contribution in [3.63, 3.8) is 0 Å². The maximum absolute atomic E-state index is 12.8. The fourth-order valence-electron chi connectivity index (χ4n) is 2.05. The number of carbonyl (C=O) groups is 2. The SMILES string of the molecule is COC(=O)c1cc(C(=O)NCCOc2ccc(F)cc2)cc([N+](=O)[O-])c1. The third kappa shape index (κ3) is 5.00. The third-order valence-corrected chi connectivity index (χ3v) is 3.28. The average Bonchev–Trinajstić information content (AvgIpc) is 2.65. The number of esters is 1. The minimum Gasteiger partial charge on any atom is -0.492 e. The molecule has 0 saturated carbocycles. The van der Waals surface area contributed by atoms with Gasteiger partial charge in [0.1, 0.15) is 18.2 Å². The minimum atomic E-state index is -0.789. The Bertz CT molecular complexity index is 823. The number of nitrogens with zero attached hydrogens (tertiary/aromatic N) is 1. The van der Waals surface area contributed by atoms with Gasteiger partial charge in [-0.2, -0.15) is 0 Å². The van der Waals surface area contributed by atoms with E-state index in [1.54, 1.807) is 0 Å². The van der Waals surface area contributed by atoms with Crippen LogP contribution in [-0.4, -0.2) is 37.1 Å². The van der Waals surface area contributed by atoms with Crippen LogP contribution in [0.25, 0.3) is 0 Å². The van der Waals surface area contributed by atoms with Crippen LogP contribution in [0.1, 0.15) is 20.7 Å². The minimum absolute atomic E-state index is 0.0543. The Kier molecular flexibility index (Phi) is 6.20. The lowest BCUT2D eigenvalue weighted by Crippen LogP contribution is -2.28. The zero-order chi connectivity index (χ0) is 19.1. The quantitative estimate of drug-likeness (QED) is 0.350. The van der Waals surface area contributed by atoms with E-state index in [4.69, 9.17) is 4.74 Å². The highest BCUT2D eigenvalue weighted by atomic mass is 19.1. The van der Waals surface area contributed by atoms with Crippen LogP contribution in [0.2, 0.25) is 0 Å². The van der Waals surface area contributed by atoms with Gasteiger partial charge in [0.25, 0.3) is 11.6 Å². The number of methoxy groups -OCH3 is 1. The highest BCUT2D eigenvalue weighted by Gasteiger charge is 2.18. The first-order chi connectivity index (χ1) is 12.4. The number of ether oxygens (including phenoxy) is 2.